The molecule has 0 saturated heterocycles. The Balaban J connectivity index is 1.99. The number of rotatable bonds is 11. The van der Waals surface area contributed by atoms with Gasteiger partial charge in [0.15, 0.2) is 28.9 Å². The Morgan fingerprint density at radius 3 is 2.46 bits per heavy atom. The largest absolute Gasteiger partial charge is 0.494 e. The molecule has 1 aliphatic rings. The fourth-order valence-corrected chi connectivity index (χ4v) is 4.58. The zero-order valence-electron chi connectivity index (χ0n) is 22.2. The molecule has 0 amide bonds. The Morgan fingerprint density at radius 1 is 1.19 bits per heavy atom. The summed E-state index contributed by atoms with van der Waals surface area (Å²) in [5.41, 5.74) is 2.37. The molecule has 10 heteroatoms. The van der Waals surface area contributed by atoms with Crippen molar-refractivity contribution in [2.24, 2.45) is 4.51 Å². The van der Waals surface area contributed by atoms with Crippen LogP contribution in [0.15, 0.2) is 22.7 Å². The summed E-state index contributed by atoms with van der Waals surface area (Å²) >= 11 is 5.92. The van der Waals surface area contributed by atoms with Gasteiger partial charge in [0.05, 0.1) is 44.7 Å². The molecule has 0 unspecified atom stereocenters. The predicted molar refractivity (Wildman–Crippen MR) is 143 cm³/mol. The van der Waals surface area contributed by atoms with Crippen LogP contribution >= 0.6 is 11.8 Å². The number of anilines is 1. The third kappa shape index (κ3) is 5.93. The van der Waals surface area contributed by atoms with Crippen molar-refractivity contribution >= 4 is 29.1 Å². The van der Waals surface area contributed by atoms with Crippen molar-refractivity contribution in [1.29, 1.82) is 0 Å². The number of Topliss-reactive ketones (excluding diaryl/α,β-unsaturated/α-hetero) is 1. The molecule has 3 rings (SSSR count). The molecular weight excluding hydrogens is 501 g/mol. The molecular formula is C27H35ClFN3O5. The monoisotopic (exact) mass is 535 g/mol. The number of ketones is 1. The van der Waals surface area contributed by atoms with Crippen LogP contribution in [-0.2, 0) is 12.0 Å². The topological polar surface area (TPSA) is 92.6 Å². The first-order chi connectivity index (χ1) is 17.6. The molecule has 1 aliphatic heterocycles. The van der Waals surface area contributed by atoms with Crippen LogP contribution in [0.2, 0.25) is 0 Å². The lowest BCUT2D eigenvalue weighted by atomic mass is 9.84. The zero-order valence-corrected chi connectivity index (χ0v) is 23.0. The number of amidine groups is 1. The van der Waals surface area contributed by atoms with E-state index in [9.17, 15) is 9.90 Å². The van der Waals surface area contributed by atoms with E-state index < -0.39 is 5.82 Å². The minimum atomic E-state index is -0.618. The van der Waals surface area contributed by atoms with E-state index in [1.807, 2.05) is 33.8 Å². The highest BCUT2D eigenvalue weighted by Crippen LogP contribution is 2.41. The summed E-state index contributed by atoms with van der Waals surface area (Å²) in [5, 5.41) is 12.4. The van der Waals surface area contributed by atoms with E-state index in [1.165, 1.54) is 0 Å². The smallest absolute Gasteiger partial charge is 0.197 e. The van der Waals surface area contributed by atoms with Gasteiger partial charge in [0.2, 0.25) is 0 Å². The minimum Gasteiger partial charge on any atom is -0.494 e. The highest BCUT2D eigenvalue weighted by atomic mass is 35.5. The summed E-state index contributed by atoms with van der Waals surface area (Å²) in [6, 6.07) is 5.22. The van der Waals surface area contributed by atoms with Gasteiger partial charge in [-0.15, -0.1) is 0 Å². The number of carbonyl (C=O) groups excluding carboxylic acids is 1. The molecule has 0 atom stereocenters. The van der Waals surface area contributed by atoms with Crippen molar-refractivity contribution in [2.75, 3.05) is 45.3 Å². The lowest BCUT2D eigenvalue weighted by Crippen LogP contribution is -2.31. The molecule has 0 bridgehead atoms. The normalized spacial score (nSPS) is 14.1. The maximum absolute atomic E-state index is 15.6. The van der Waals surface area contributed by atoms with Crippen LogP contribution in [0.25, 0.3) is 0 Å². The average molecular weight is 536 g/mol. The van der Waals surface area contributed by atoms with Crippen LogP contribution in [0.3, 0.4) is 0 Å². The van der Waals surface area contributed by atoms with Gasteiger partial charge in [-0.25, -0.2) is 4.39 Å². The molecule has 8 nitrogen and oxygen atoms in total. The van der Waals surface area contributed by atoms with Gasteiger partial charge in [0.25, 0.3) is 0 Å². The van der Waals surface area contributed by atoms with Crippen LogP contribution in [0.4, 0.5) is 10.1 Å². The van der Waals surface area contributed by atoms with Crippen molar-refractivity contribution in [3.05, 3.63) is 46.3 Å². The summed E-state index contributed by atoms with van der Waals surface area (Å²) < 4.78 is 36.1. The van der Waals surface area contributed by atoms with E-state index in [0.717, 1.165) is 5.56 Å². The quantitative estimate of drug-likeness (QED) is 0.394. The number of benzene rings is 2. The molecule has 0 radical (unpaired) electrons. The summed E-state index contributed by atoms with van der Waals surface area (Å²) in [7, 11) is 1.57. The van der Waals surface area contributed by atoms with E-state index >= 15 is 4.39 Å². The zero-order chi connectivity index (χ0) is 27.3. The molecule has 0 spiro atoms. The Labute approximate surface area is 222 Å². The predicted octanol–water partition coefficient (Wildman–Crippen LogP) is 4.93. The highest BCUT2D eigenvalue weighted by molar-refractivity contribution is 6.23. The summed E-state index contributed by atoms with van der Waals surface area (Å²) in [5.74, 6) is 0.247. The number of methoxy groups -OCH3 is 1. The molecule has 1 heterocycles. The molecule has 202 valence electrons. The van der Waals surface area contributed by atoms with E-state index in [-0.39, 0.29) is 54.7 Å². The number of nitrogens with one attached hydrogen (secondary N) is 1. The fourth-order valence-electron chi connectivity index (χ4n) is 4.39. The van der Waals surface area contributed by atoms with Crippen LogP contribution < -0.4 is 19.5 Å². The number of aliphatic hydroxyl groups is 1. The summed E-state index contributed by atoms with van der Waals surface area (Å²) in [6.45, 7) is 10.6. The van der Waals surface area contributed by atoms with Gasteiger partial charge < -0.3 is 29.5 Å². The Hall–Kier alpha value is -3.04. The molecule has 0 saturated carbocycles. The van der Waals surface area contributed by atoms with Crippen molar-refractivity contribution in [1.82, 2.24) is 4.90 Å². The first-order valence-electron chi connectivity index (χ1n) is 12.3. The van der Waals surface area contributed by atoms with E-state index in [1.54, 1.807) is 31.1 Å². The Morgan fingerprint density at radius 2 is 1.89 bits per heavy atom. The fraction of sp³-hybridized carbons (Fsp3) is 0.481. The molecule has 2 aromatic rings. The van der Waals surface area contributed by atoms with Crippen LogP contribution in [-0.4, -0.2) is 61.6 Å². The molecule has 0 aromatic heterocycles. The third-order valence-corrected chi connectivity index (χ3v) is 6.17. The Bertz CT molecular complexity index is 1180. The average Bonchev–Trinajstić information content (AvgIpc) is 3.20. The van der Waals surface area contributed by atoms with Gasteiger partial charge in [-0.05, 0) is 43.0 Å². The van der Waals surface area contributed by atoms with E-state index in [4.69, 9.17) is 26.0 Å². The molecule has 37 heavy (non-hydrogen) atoms. The Kier molecular flexibility index (Phi) is 9.26. The van der Waals surface area contributed by atoms with Crippen LogP contribution in [0.1, 0.15) is 61.7 Å². The van der Waals surface area contributed by atoms with Gasteiger partial charge >= 0.3 is 0 Å². The van der Waals surface area contributed by atoms with Gasteiger partial charge in [0.1, 0.15) is 5.75 Å². The number of aliphatic hydroxyl groups excluding tert-OH is 1. The highest BCUT2D eigenvalue weighted by Gasteiger charge is 2.34. The van der Waals surface area contributed by atoms with Gasteiger partial charge in [-0.2, -0.15) is 4.51 Å². The molecule has 0 fully saturated rings. The van der Waals surface area contributed by atoms with Crippen LogP contribution in [0.5, 0.6) is 17.2 Å². The number of fused-ring (bicyclic) bond motifs is 1. The van der Waals surface area contributed by atoms with Gasteiger partial charge in [0, 0.05) is 36.0 Å². The first kappa shape index (κ1) is 28.5. The SMILES string of the molecule is CCOc1cc2c(c(F)c1OCC)/C(=N/Cl)N(CC(=O)c1cc(NCCO)c(OC)c(C(C)(C)C)c1)C2. The van der Waals surface area contributed by atoms with E-state index in [0.29, 0.717) is 41.5 Å². The summed E-state index contributed by atoms with van der Waals surface area (Å²) in [4.78, 5) is 15.2. The number of carbonyl (C=O) groups is 1. The standard InChI is InChI=1S/C27H35ClFN3O5/c1-7-36-21-13-17-14-32(26(31-28)22(17)23(29)25(21)37-8-2)15-20(34)16-11-18(27(3,4)5)24(35-6)19(12-16)30-9-10-33/h11-13,30,33H,7-10,14-15H2,1-6H3/b31-26-. The maximum Gasteiger partial charge on any atom is 0.197 e. The van der Waals surface area contributed by atoms with Crippen molar-refractivity contribution in [3.8, 4) is 17.2 Å². The van der Waals surface area contributed by atoms with E-state index in [2.05, 4.69) is 9.83 Å². The van der Waals surface area contributed by atoms with Crippen LogP contribution in [0, 0.1) is 5.82 Å². The molecule has 2 aromatic carbocycles. The second-order valence-corrected chi connectivity index (χ2v) is 9.78. The molecule has 2 N–H and O–H groups in total. The van der Waals surface area contributed by atoms with Gasteiger partial charge in [-0.3, -0.25) is 4.79 Å². The minimum absolute atomic E-state index is 0.00124. The number of hydrogen-bond donors (Lipinski definition) is 2. The summed E-state index contributed by atoms with van der Waals surface area (Å²) in [6.07, 6.45) is 0. The lowest BCUT2D eigenvalue weighted by Gasteiger charge is -2.26. The van der Waals surface area contributed by atoms with Crippen molar-refractivity contribution in [3.63, 3.8) is 0 Å². The number of ether oxygens (including phenoxy) is 3. The maximum atomic E-state index is 15.6. The third-order valence-electron chi connectivity index (χ3n) is 6.01. The second-order valence-electron chi connectivity index (χ2n) is 9.61. The molecule has 0 aliphatic carbocycles. The second kappa shape index (κ2) is 12.0. The van der Waals surface area contributed by atoms with Crippen molar-refractivity contribution in [2.45, 2.75) is 46.6 Å². The number of halogens is 2. The lowest BCUT2D eigenvalue weighted by molar-refractivity contribution is 0.0963. The number of nitrogens with zero attached hydrogens (tertiary/aromatic N) is 2. The number of hydrogen-bond acceptors (Lipinski definition) is 7. The van der Waals surface area contributed by atoms with Crippen molar-refractivity contribution < 1.29 is 28.5 Å². The first-order valence-corrected chi connectivity index (χ1v) is 12.6. The van der Waals surface area contributed by atoms with Gasteiger partial charge in [-0.1, -0.05) is 20.8 Å².